The van der Waals surface area contributed by atoms with E-state index in [1.807, 2.05) is 6.07 Å². The molecule has 92 valence electrons. The van der Waals surface area contributed by atoms with Gasteiger partial charge in [-0.3, -0.25) is 4.79 Å². The van der Waals surface area contributed by atoms with Crippen LogP contribution in [0.2, 0.25) is 0 Å². The first-order valence-electron chi connectivity index (χ1n) is 5.85. The Kier molecular flexibility index (Phi) is 3.33. The fourth-order valence-electron chi connectivity index (χ4n) is 2.25. The zero-order valence-corrected chi connectivity index (χ0v) is 9.90. The molecule has 4 heteroatoms. The SMILES string of the molecule is CCOC(=O)Cc1cc2c(cc1O)CC(N)C2. The number of hydrogen-bond donors (Lipinski definition) is 2. The topological polar surface area (TPSA) is 72.5 Å². The van der Waals surface area contributed by atoms with Crippen molar-refractivity contribution in [1.29, 1.82) is 0 Å². The second-order valence-corrected chi connectivity index (χ2v) is 4.40. The molecule has 2 rings (SSSR count). The number of phenols is 1. The van der Waals surface area contributed by atoms with Crippen LogP contribution in [0.25, 0.3) is 0 Å². The fraction of sp³-hybridized carbons (Fsp3) is 0.462. The minimum atomic E-state index is -0.315. The number of nitrogens with two attached hydrogens (primary N) is 1. The van der Waals surface area contributed by atoms with Gasteiger partial charge in [-0.1, -0.05) is 6.07 Å². The minimum Gasteiger partial charge on any atom is -0.508 e. The quantitative estimate of drug-likeness (QED) is 0.764. The molecule has 0 radical (unpaired) electrons. The van der Waals surface area contributed by atoms with Gasteiger partial charge in [0.05, 0.1) is 13.0 Å². The minimum absolute atomic E-state index is 0.113. The first-order chi connectivity index (χ1) is 8.10. The Hall–Kier alpha value is -1.55. The molecule has 0 saturated heterocycles. The maximum atomic E-state index is 11.4. The summed E-state index contributed by atoms with van der Waals surface area (Å²) in [6, 6.07) is 3.72. The van der Waals surface area contributed by atoms with Crippen LogP contribution in [0.3, 0.4) is 0 Å². The summed E-state index contributed by atoms with van der Waals surface area (Å²) in [4.78, 5) is 11.4. The molecule has 0 amide bonds. The van der Waals surface area contributed by atoms with Crippen molar-refractivity contribution in [3.05, 3.63) is 28.8 Å². The van der Waals surface area contributed by atoms with Crippen molar-refractivity contribution in [3.8, 4) is 5.75 Å². The monoisotopic (exact) mass is 235 g/mol. The molecular formula is C13H17NO3. The van der Waals surface area contributed by atoms with Crippen LogP contribution < -0.4 is 5.73 Å². The molecule has 0 aliphatic heterocycles. The zero-order chi connectivity index (χ0) is 12.4. The lowest BCUT2D eigenvalue weighted by Crippen LogP contribution is -2.19. The van der Waals surface area contributed by atoms with Crippen molar-refractivity contribution in [3.63, 3.8) is 0 Å². The predicted octanol–water partition coefficient (Wildman–Crippen LogP) is 0.924. The number of ether oxygens (including phenoxy) is 1. The zero-order valence-electron chi connectivity index (χ0n) is 9.90. The van der Waals surface area contributed by atoms with E-state index < -0.39 is 0 Å². The Morgan fingerprint density at radius 3 is 2.76 bits per heavy atom. The van der Waals surface area contributed by atoms with E-state index in [9.17, 15) is 9.90 Å². The van der Waals surface area contributed by atoms with Gasteiger partial charge in [0.1, 0.15) is 5.75 Å². The number of phenolic OH excluding ortho intramolecular Hbond substituents is 1. The molecule has 0 spiro atoms. The van der Waals surface area contributed by atoms with Gasteiger partial charge in [0.15, 0.2) is 0 Å². The van der Waals surface area contributed by atoms with E-state index in [-0.39, 0.29) is 24.2 Å². The highest BCUT2D eigenvalue weighted by Crippen LogP contribution is 2.29. The second kappa shape index (κ2) is 4.75. The summed E-state index contributed by atoms with van der Waals surface area (Å²) in [5.41, 5.74) is 8.70. The van der Waals surface area contributed by atoms with Crippen molar-refractivity contribution in [2.75, 3.05) is 6.61 Å². The number of carbonyl (C=O) groups excluding carboxylic acids is 1. The molecule has 0 aromatic heterocycles. The van der Waals surface area contributed by atoms with Gasteiger partial charge >= 0.3 is 5.97 Å². The molecule has 0 fully saturated rings. The molecule has 17 heavy (non-hydrogen) atoms. The Bertz CT molecular complexity index is 443. The van der Waals surface area contributed by atoms with E-state index in [2.05, 4.69) is 0 Å². The molecule has 1 unspecified atom stereocenters. The maximum Gasteiger partial charge on any atom is 0.310 e. The van der Waals surface area contributed by atoms with Gasteiger partial charge in [-0.2, -0.15) is 0 Å². The average molecular weight is 235 g/mol. The van der Waals surface area contributed by atoms with Crippen LogP contribution in [0.1, 0.15) is 23.6 Å². The van der Waals surface area contributed by atoms with Gasteiger partial charge in [0.2, 0.25) is 0 Å². The Labute approximate surface area is 100 Å². The summed E-state index contributed by atoms with van der Waals surface area (Å²) in [6.45, 7) is 2.12. The van der Waals surface area contributed by atoms with E-state index in [4.69, 9.17) is 10.5 Å². The summed E-state index contributed by atoms with van der Waals surface area (Å²) in [5, 5.41) is 9.83. The van der Waals surface area contributed by atoms with Crippen LogP contribution in [0.5, 0.6) is 5.75 Å². The number of benzene rings is 1. The van der Waals surface area contributed by atoms with E-state index in [0.717, 1.165) is 24.0 Å². The van der Waals surface area contributed by atoms with Gasteiger partial charge in [0.25, 0.3) is 0 Å². The molecule has 0 bridgehead atoms. The summed E-state index contributed by atoms with van der Waals surface area (Å²) < 4.78 is 4.87. The number of rotatable bonds is 3. The summed E-state index contributed by atoms with van der Waals surface area (Å²) in [6.07, 6.45) is 1.72. The van der Waals surface area contributed by atoms with E-state index in [0.29, 0.717) is 12.2 Å². The van der Waals surface area contributed by atoms with E-state index in [1.54, 1.807) is 13.0 Å². The third-order valence-electron chi connectivity index (χ3n) is 3.01. The maximum absolute atomic E-state index is 11.4. The normalized spacial score (nSPS) is 17.9. The van der Waals surface area contributed by atoms with Crippen molar-refractivity contribution < 1.29 is 14.6 Å². The van der Waals surface area contributed by atoms with E-state index >= 15 is 0 Å². The molecule has 4 nitrogen and oxygen atoms in total. The van der Waals surface area contributed by atoms with Crippen LogP contribution in [-0.2, 0) is 28.8 Å². The number of carbonyl (C=O) groups is 1. The molecule has 1 aromatic carbocycles. The van der Waals surface area contributed by atoms with Crippen LogP contribution in [0, 0.1) is 0 Å². The molecule has 0 heterocycles. The van der Waals surface area contributed by atoms with Gasteiger partial charge < -0.3 is 15.6 Å². The molecule has 1 aliphatic carbocycles. The Morgan fingerprint density at radius 1 is 1.47 bits per heavy atom. The van der Waals surface area contributed by atoms with Crippen molar-refractivity contribution >= 4 is 5.97 Å². The van der Waals surface area contributed by atoms with Gasteiger partial charge in [-0.05, 0) is 37.0 Å². The second-order valence-electron chi connectivity index (χ2n) is 4.40. The summed E-state index contributed by atoms with van der Waals surface area (Å²) >= 11 is 0. The molecule has 1 atom stereocenters. The van der Waals surface area contributed by atoms with Gasteiger partial charge in [-0.15, -0.1) is 0 Å². The van der Waals surface area contributed by atoms with Crippen LogP contribution in [0.15, 0.2) is 12.1 Å². The molecule has 1 aromatic rings. The molecule has 3 N–H and O–H groups in total. The predicted molar refractivity (Wildman–Crippen MR) is 63.8 cm³/mol. The highest BCUT2D eigenvalue weighted by Gasteiger charge is 2.21. The smallest absolute Gasteiger partial charge is 0.310 e. The van der Waals surface area contributed by atoms with Gasteiger partial charge in [-0.25, -0.2) is 0 Å². The van der Waals surface area contributed by atoms with Crippen LogP contribution in [-0.4, -0.2) is 23.7 Å². The van der Waals surface area contributed by atoms with E-state index in [1.165, 1.54) is 0 Å². The van der Waals surface area contributed by atoms with Crippen LogP contribution in [0.4, 0.5) is 0 Å². The number of fused-ring (bicyclic) bond motifs is 1. The van der Waals surface area contributed by atoms with Gasteiger partial charge in [0, 0.05) is 11.6 Å². The highest BCUT2D eigenvalue weighted by molar-refractivity contribution is 5.73. The average Bonchev–Trinajstić information content (AvgIpc) is 2.58. The standard InChI is InChI=1S/C13H17NO3/c1-2-17-13(16)7-10-3-8-4-11(14)5-9(8)6-12(10)15/h3,6,11,15H,2,4-5,7,14H2,1H3. The molecule has 0 saturated carbocycles. The lowest BCUT2D eigenvalue weighted by Gasteiger charge is -2.07. The number of aromatic hydroxyl groups is 1. The lowest BCUT2D eigenvalue weighted by atomic mass is 10.0. The number of esters is 1. The fourth-order valence-corrected chi connectivity index (χ4v) is 2.25. The first-order valence-corrected chi connectivity index (χ1v) is 5.85. The number of hydrogen-bond acceptors (Lipinski definition) is 4. The third kappa shape index (κ3) is 2.58. The Morgan fingerprint density at radius 2 is 2.12 bits per heavy atom. The highest BCUT2D eigenvalue weighted by atomic mass is 16.5. The third-order valence-corrected chi connectivity index (χ3v) is 3.01. The van der Waals surface area contributed by atoms with Crippen molar-refractivity contribution in [2.24, 2.45) is 5.73 Å². The summed E-state index contributed by atoms with van der Waals surface area (Å²) in [5.74, 6) is -0.157. The lowest BCUT2D eigenvalue weighted by molar-refractivity contribution is -0.142. The Balaban J connectivity index is 2.19. The first kappa shape index (κ1) is 11.9. The largest absolute Gasteiger partial charge is 0.508 e. The molecule has 1 aliphatic rings. The van der Waals surface area contributed by atoms with Crippen molar-refractivity contribution in [2.45, 2.75) is 32.2 Å². The van der Waals surface area contributed by atoms with Crippen LogP contribution >= 0.6 is 0 Å². The molecular weight excluding hydrogens is 218 g/mol. The summed E-state index contributed by atoms with van der Waals surface area (Å²) in [7, 11) is 0. The van der Waals surface area contributed by atoms with Crippen molar-refractivity contribution in [1.82, 2.24) is 0 Å².